The molecule has 0 amide bonds. The van der Waals surface area contributed by atoms with Gasteiger partial charge >= 0.3 is 13.8 Å². The van der Waals surface area contributed by atoms with Crippen molar-refractivity contribution < 1.29 is 37.1 Å². The second kappa shape index (κ2) is 7.17. The predicted molar refractivity (Wildman–Crippen MR) is 79.7 cm³/mol. The monoisotopic (exact) mass is 352 g/mol. The van der Waals surface area contributed by atoms with Gasteiger partial charge in [-0.05, 0) is 27.7 Å². The number of hydrogen-bond acceptors (Lipinski definition) is 8. The maximum atomic E-state index is 12.6. The molecule has 2 rings (SSSR count). The molecule has 1 aliphatic carbocycles. The van der Waals surface area contributed by atoms with E-state index in [1.807, 2.05) is 0 Å². The number of hydrogen-bond donors (Lipinski definition) is 0. The Bertz CT molecular complexity index is 469. The average molecular weight is 352 g/mol. The summed E-state index contributed by atoms with van der Waals surface area (Å²) in [5.74, 6) is -1.25. The van der Waals surface area contributed by atoms with Crippen molar-refractivity contribution in [2.75, 3.05) is 13.2 Å². The van der Waals surface area contributed by atoms with E-state index >= 15 is 0 Å². The highest BCUT2D eigenvalue weighted by Gasteiger charge is 2.57. The van der Waals surface area contributed by atoms with E-state index in [-0.39, 0.29) is 13.2 Å². The SMILES string of the molecule is CCOP(=O)(OCC)O[C@H]1C[C@@H](OC(C)=O)[C@@H]2OC(C)(C)O[C@@H]21. The minimum atomic E-state index is -3.70. The normalized spacial score (nSPS) is 32.7. The fourth-order valence-corrected chi connectivity index (χ4v) is 4.27. The number of fused-ring (bicyclic) bond motifs is 1. The van der Waals surface area contributed by atoms with E-state index < -0.39 is 44.0 Å². The number of phosphoric ester groups is 1. The van der Waals surface area contributed by atoms with Crippen LogP contribution in [-0.4, -0.2) is 49.4 Å². The zero-order valence-electron chi connectivity index (χ0n) is 14.1. The van der Waals surface area contributed by atoms with E-state index in [1.54, 1.807) is 27.7 Å². The summed E-state index contributed by atoms with van der Waals surface area (Å²) in [4.78, 5) is 11.3. The highest BCUT2D eigenvalue weighted by atomic mass is 31.2. The third-order valence-corrected chi connectivity index (χ3v) is 5.20. The Labute approximate surface area is 136 Å². The van der Waals surface area contributed by atoms with Crippen LogP contribution in [0.2, 0.25) is 0 Å². The number of carbonyl (C=O) groups is 1. The molecule has 0 aromatic rings. The molecule has 1 aliphatic heterocycles. The van der Waals surface area contributed by atoms with Crippen LogP contribution >= 0.6 is 7.82 Å². The van der Waals surface area contributed by atoms with Crippen molar-refractivity contribution in [3.8, 4) is 0 Å². The lowest BCUT2D eigenvalue weighted by Crippen LogP contribution is -2.32. The topological polar surface area (TPSA) is 89.5 Å². The lowest BCUT2D eigenvalue weighted by molar-refractivity contribution is -0.180. The van der Waals surface area contributed by atoms with Gasteiger partial charge in [-0.3, -0.25) is 18.4 Å². The maximum Gasteiger partial charge on any atom is 0.475 e. The van der Waals surface area contributed by atoms with Crippen LogP contribution in [0.4, 0.5) is 0 Å². The van der Waals surface area contributed by atoms with Gasteiger partial charge in [-0.25, -0.2) is 4.57 Å². The van der Waals surface area contributed by atoms with E-state index in [1.165, 1.54) is 6.92 Å². The van der Waals surface area contributed by atoms with Crippen molar-refractivity contribution in [3.05, 3.63) is 0 Å². The molecule has 0 N–H and O–H groups in total. The Morgan fingerprint density at radius 2 is 1.65 bits per heavy atom. The number of rotatable bonds is 7. The Hall–Kier alpha value is -0.500. The molecule has 4 atom stereocenters. The zero-order valence-corrected chi connectivity index (χ0v) is 15.0. The molecule has 1 saturated heterocycles. The van der Waals surface area contributed by atoms with Crippen molar-refractivity contribution in [1.82, 2.24) is 0 Å². The third-order valence-electron chi connectivity index (χ3n) is 3.52. The first-order chi connectivity index (χ1) is 10.7. The van der Waals surface area contributed by atoms with Gasteiger partial charge in [0.2, 0.25) is 0 Å². The minimum Gasteiger partial charge on any atom is -0.460 e. The Balaban J connectivity index is 2.14. The van der Waals surface area contributed by atoms with Crippen LogP contribution in [0, 0.1) is 0 Å². The molecule has 2 fully saturated rings. The summed E-state index contributed by atoms with van der Waals surface area (Å²) < 4.78 is 45.4. The lowest BCUT2D eigenvalue weighted by atomic mass is 10.2. The second-order valence-electron chi connectivity index (χ2n) is 5.87. The number of ether oxygens (including phenoxy) is 3. The second-order valence-corrected chi connectivity index (χ2v) is 7.50. The zero-order chi connectivity index (χ0) is 17.3. The summed E-state index contributed by atoms with van der Waals surface area (Å²) in [6.07, 6.45) is -1.83. The van der Waals surface area contributed by atoms with Gasteiger partial charge in [-0.2, -0.15) is 0 Å². The van der Waals surface area contributed by atoms with Gasteiger partial charge in [0.05, 0.1) is 13.2 Å². The molecule has 1 heterocycles. The van der Waals surface area contributed by atoms with Crippen LogP contribution in [0.1, 0.15) is 41.0 Å². The van der Waals surface area contributed by atoms with Crippen molar-refractivity contribution in [2.45, 2.75) is 71.2 Å². The van der Waals surface area contributed by atoms with Crippen molar-refractivity contribution in [1.29, 1.82) is 0 Å². The van der Waals surface area contributed by atoms with E-state index in [2.05, 4.69) is 0 Å². The van der Waals surface area contributed by atoms with Crippen LogP contribution in [0.3, 0.4) is 0 Å². The Kier molecular flexibility index (Phi) is 5.87. The smallest absolute Gasteiger partial charge is 0.460 e. The van der Waals surface area contributed by atoms with Crippen molar-refractivity contribution >= 4 is 13.8 Å². The fraction of sp³-hybridized carbons (Fsp3) is 0.929. The first-order valence-electron chi connectivity index (χ1n) is 7.80. The molecule has 0 unspecified atom stereocenters. The average Bonchev–Trinajstić information content (AvgIpc) is 2.85. The molecular formula is C14H25O8P. The fourth-order valence-electron chi connectivity index (χ4n) is 2.90. The first kappa shape index (κ1) is 18.8. The third kappa shape index (κ3) is 4.53. The van der Waals surface area contributed by atoms with Gasteiger partial charge in [0.15, 0.2) is 5.79 Å². The van der Waals surface area contributed by atoms with Crippen LogP contribution in [0.5, 0.6) is 0 Å². The molecule has 0 radical (unpaired) electrons. The Morgan fingerprint density at radius 3 is 2.13 bits per heavy atom. The van der Waals surface area contributed by atoms with Crippen molar-refractivity contribution in [2.24, 2.45) is 0 Å². The summed E-state index contributed by atoms with van der Waals surface area (Å²) in [5, 5.41) is 0. The molecule has 0 aromatic carbocycles. The predicted octanol–water partition coefficient (Wildman–Crippen LogP) is 2.41. The van der Waals surface area contributed by atoms with Gasteiger partial charge in [0, 0.05) is 13.3 Å². The van der Waals surface area contributed by atoms with Crippen LogP contribution < -0.4 is 0 Å². The molecule has 9 heteroatoms. The molecule has 8 nitrogen and oxygen atoms in total. The molecule has 2 aliphatic rings. The molecule has 23 heavy (non-hydrogen) atoms. The first-order valence-corrected chi connectivity index (χ1v) is 9.26. The van der Waals surface area contributed by atoms with Gasteiger partial charge in [-0.1, -0.05) is 0 Å². The lowest BCUT2D eigenvalue weighted by Gasteiger charge is -2.25. The summed E-state index contributed by atoms with van der Waals surface area (Å²) in [6, 6.07) is 0. The highest BCUT2D eigenvalue weighted by Crippen LogP contribution is 2.54. The molecule has 0 bridgehead atoms. The highest BCUT2D eigenvalue weighted by molar-refractivity contribution is 7.48. The largest absolute Gasteiger partial charge is 0.475 e. The molecule has 1 saturated carbocycles. The number of phosphoric acid groups is 1. The molecular weight excluding hydrogens is 327 g/mol. The molecule has 0 aromatic heterocycles. The van der Waals surface area contributed by atoms with Crippen LogP contribution in [0.25, 0.3) is 0 Å². The quantitative estimate of drug-likeness (QED) is 0.510. The minimum absolute atomic E-state index is 0.189. The number of carbonyl (C=O) groups excluding carboxylic acids is 1. The van der Waals surface area contributed by atoms with E-state index in [9.17, 15) is 9.36 Å². The van der Waals surface area contributed by atoms with Gasteiger partial charge in [-0.15, -0.1) is 0 Å². The van der Waals surface area contributed by atoms with Crippen LogP contribution in [0.15, 0.2) is 0 Å². The van der Waals surface area contributed by atoms with E-state index in [0.717, 1.165) is 0 Å². The van der Waals surface area contributed by atoms with Gasteiger partial charge in [0.25, 0.3) is 0 Å². The maximum absolute atomic E-state index is 12.6. The standard InChI is InChI=1S/C14H25O8P/c1-6-17-23(16,18-7-2)22-11-8-10(19-9(3)15)12-13(11)21-14(4,5)20-12/h10-13H,6-8H2,1-5H3/t10-,11+,12+,13-/m1/s1. The summed E-state index contributed by atoms with van der Waals surface area (Å²) in [7, 11) is -3.70. The summed E-state index contributed by atoms with van der Waals surface area (Å²) in [6.45, 7) is 8.63. The van der Waals surface area contributed by atoms with E-state index in [0.29, 0.717) is 6.42 Å². The molecule has 134 valence electrons. The van der Waals surface area contributed by atoms with Gasteiger partial charge < -0.3 is 14.2 Å². The van der Waals surface area contributed by atoms with E-state index in [4.69, 9.17) is 27.8 Å². The summed E-state index contributed by atoms with van der Waals surface area (Å²) in [5.41, 5.74) is 0. The van der Waals surface area contributed by atoms with Crippen LogP contribution in [-0.2, 0) is 37.1 Å². The molecule has 0 spiro atoms. The van der Waals surface area contributed by atoms with Gasteiger partial charge in [0.1, 0.15) is 24.4 Å². The Morgan fingerprint density at radius 1 is 1.13 bits per heavy atom. The summed E-state index contributed by atoms with van der Waals surface area (Å²) >= 11 is 0. The number of esters is 1. The van der Waals surface area contributed by atoms with Crippen molar-refractivity contribution in [3.63, 3.8) is 0 Å².